The zero-order valence-electron chi connectivity index (χ0n) is 7.43. The molecule has 0 bridgehead atoms. The maximum atomic E-state index is 11.0. The Morgan fingerprint density at radius 1 is 1.77 bits per heavy atom. The summed E-state index contributed by atoms with van der Waals surface area (Å²) in [5.74, 6) is -0.382. The molecular formula is C8H12N3O2+. The largest absolute Gasteiger partial charge is 0.465 e. The van der Waals surface area contributed by atoms with Crippen LogP contribution in [0.2, 0.25) is 0 Å². The van der Waals surface area contributed by atoms with Crippen molar-refractivity contribution < 1.29 is 14.2 Å². The van der Waals surface area contributed by atoms with Gasteiger partial charge >= 0.3 is 5.97 Å². The predicted molar refractivity (Wildman–Crippen MR) is 44.8 cm³/mol. The highest BCUT2D eigenvalue weighted by Crippen LogP contribution is 1.94. The van der Waals surface area contributed by atoms with Crippen LogP contribution in [0.3, 0.4) is 0 Å². The summed E-state index contributed by atoms with van der Waals surface area (Å²) >= 11 is 0. The minimum absolute atomic E-state index is 0.382. The van der Waals surface area contributed by atoms with E-state index in [0.29, 0.717) is 18.7 Å². The molecule has 5 heteroatoms. The lowest BCUT2D eigenvalue weighted by Crippen LogP contribution is -2.40. The van der Waals surface area contributed by atoms with Crippen molar-refractivity contribution in [3.05, 3.63) is 24.0 Å². The SMILES string of the molecule is COC(=O)c1cc[n+](CCN)nc1. The highest BCUT2D eigenvalue weighted by Gasteiger charge is 2.08. The first kappa shape index (κ1) is 9.60. The Morgan fingerprint density at radius 3 is 3.00 bits per heavy atom. The molecule has 0 spiro atoms. The third-order valence-corrected chi connectivity index (χ3v) is 1.55. The van der Waals surface area contributed by atoms with Crippen LogP contribution < -0.4 is 10.4 Å². The minimum atomic E-state index is -0.382. The fourth-order valence-electron chi connectivity index (χ4n) is 0.887. The normalized spacial score (nSPS) is 9.69. The maximum absolute atomic E-state index is 11.0. The molecule has 0 radical (unpaired) electrons. The summed E-state index contributed by atoms with van der Waals surface area (Å²) in [7, 11) is 1.34. The highest BCUT2D eigenvalue weighted by molar-refractivity contribution is 5.88. The lowest BCUT2D eigenvalue weighted by Gasteiger charge is -1.95. The number of aromatic nitrogens is 2. The fourth-order valence-corrected chi connectivity index (χ4v) is 0.887. The second kappa shape index (κ2) is 4.51. The van der Waals surface area contributed by atoms with E-state index in [1.807, 2.05) is 0 Å². The Bertz CT molecular complexity index is 284. The van der Waals surface area contributed by atoms with Crippen molar-refractivity contribution in [2.75, 3.05) is 13.7 Å². The monoisotopic (exact) mass is 182 g/mol. The van der Waals surface area contributed by atoms with Crippen molar-refractivity contribution in [2.45, 2.75) is 6.54 Å². The minimum Gasteiger partial charge on any atom is -0.465 e. The standard InChI is InChI=1S/C8H12N3O2/c1-13-8(12)7-2-4-11(5-3-9)10-6-7/h2,4,6H,3,5,9H2,1H3/q+1. The maximum Gasteiger partial charge on any atom is 0.339 e. The molecular weight excluding hydrogens is 170 g/mol. The Hall–Kier alpha value is -1.49. The summed E-state index contributed by atoms with van der Waals surface area (Å²) in [4.78, 5) is 11.0. The molecule has 5 nitrogen and oxygen atoms in total. The van der Waals surface area contributed by atoms with Gasteiger partial charge in [-0.05, 0) is 5.10 Å². The Kier molecular flexibility index (Phi) is 3.33. The van der Waals surface area contributed by atoms with Crippen molar-refractivity contribution in [2.24, 2.45) is 5.73 Å². The van der Waals surface area contributed by atoms with E-state index >= 15 is 0 Å². The van der Waals surface area contributed by atoms with E-state index in [0.717, 1.165) is 0 Å². The number of hydrogen-bond donors (Lipinski definition) is 1. The Morgan fingerprint density at radius 2 is 2.54 bits per heavy atom. The van der Waals surface area contributed by atoms with Crippen molar-refractivity contribution >= 4 is 5.97 Å². The molecule has 2 N–H and O–H groups in total. The number of hydrogen-bond acceptors (Lipinski definition) is 4. The van der Waals surface area contributed by atoms with Gasteiger partial charge in [0, 0.05) is 6.07 Å². The number of rotatable bonds is 3. The molecule has 1 aromatic heterocycles. The van der Waals surface area contributed by atoms with E-state index in [2.05, 4.69) is 9.84 Å². The predicted octanol–water partition coefficient (Wildman–Crippen LogP) is -0.886. The van der Waals surface area contributed by atoms with Crippen molar-refractivity contribution in [3.63, 3.8) is 0 Å². The summed E-state index contributed by atoms with van der Waals surface area (Å²) in [5, 5.41) is 3.97. The molecule has 0 atom stereocenters. The second-order valence-corrected chi connectivity index (χ2v) is 2.46. The number of methoxy groups -OCH3 is 1. The van der Waals surface area contributed by atoms with E-state index in [1.165, 1.54) is 13.3 Å². The first-order chi connectivity index (χ1) is 6.27. The summed E-state index contributed by atoms with van der Waals surface area (Å²) in [6.45, 7) is 1.16. The summed E-state index contributed by atoms with van der Waals surface area (Å²) in [6.07, 6.45) is 3.15. The lowest BCUT2D eigenvalue weighted by atomic mass is 10.3. The molecule has 0 aliphatic heterocycles. The third-order valence-electron chi connectivity index (χ3n) is 1.55. The molecule has 13 heavy (non-hydrogen) atoms. The van der Waals surface area contributed by atoms with Crippen molar-refractivity contribution in [1.29, 1.82) is 0 Å². The summed E-state index contributed by atoms with van der Waals surface area (Å²) < 4.78 is 6.18. The molecule has 1 rings (SSSR count). The molecule has 70 valence electrons. The van der Waals surface area contributed by atoms with Crippen LogP contribution in [0, 0.1) is 0 Å². The van der Waals surface area contributed by atoms with Gasteiger partial charge in [-0.25, -0.2) is 4.79 Å². The average molecular weight is 182 g/mol. The Labute approximate surface area is 76.1 Å². The molecule has 0 saturated carbocycles. The van der Waals surface area contributed by atoms with Crippen LogP contribution in [0.15, 0.2) is 18.5 Å². The zero-order valence-corrected chi connectivity index (χ0v) is 7.43. The number of ether oxygens (including phenoxy) is 1. The number of carbonyl (C=O) groups excluding carboxylic acids is 1. The van der Waals surface area contributed by atoms with Crippen LogP contribution in [-0.4, -0.2) is 24.7 Å². The van der Waals surface area contributed by atoms with Crippen molar-refractivity contribution in [1.82, 2.24) is 5.10 Å². The van der Waals surface area contributed by atoms with E-state index in [-0.39, 0.29) is 5.97 Å². The molecule has 1 aromatic rings. The topological polar surface area (TPSA) is 69.1 Å². The smallest absolute Gasteiger partial charge is 0.339 e. The summed E-state index contributed by atoms with van der Waals surface area (Å²) in [5.41, 5.74) is 5.77. The average Bonchev–Trinajstić information content (AvgIpc) is 2.18. The van der Waals surface area contributed by atoms with Crippen LogP contribution >= 0.6 is 0 Å². The number of nitrogens with two attached hydrogens (primary N) is 1. The first-order valence-corrected chi connectivity index (χ1v) is 3.92. The highest BCUT2D eigenvalue weighted by atomic mass is 16.5. The molecule has 0 saturated heterocycles. The molecule has 0 aromatic carbocycles. The lowest BCUT2D eigenvalue weighted by molar-refractivity contribution is -0.751. The van der Waals surface area contributed by atoms with E-state index in [9.17, 15) is 4.79 Å². The third kappa shape index (κ3) is 2.48. The second-order valence-electron chi connectivity index (χ2n) is 2.46. The molecule has 0 amide bonds. The first-order valence-electron chi connectivity index (χ1n) is 3.92. The summed E-state index contributed by atoms with van der Waals surface area (Å²) in [6, 6.07) is 1.65. The van der Waals surface area contributed by atoms with Crippen LogP contribution in [0.25, 0.3) is 0 Å². The van der Waals surface area contributed by atoms with Gasteiger partial charge < -0.3 is 10.5 Å². The van der Waals surface area contributed by atoms with Gasteiger partial charge in [0.25, 0.3) is 0 Å². The van der Waals surface area contributed by atoms with E-state index < -0.39 is 0 Å². The Balaban J connectivity index is 2.75. The van der Waals surface area contributed by atoms with Crippen LogP contribution in [0.4, 0.5) is 0 Å². The van der Waals surface area contributed by atoms with E-state index in [4.69, 9.17) is 5.73 Å². The zero-order chi connectivity index (χ0) is 9.68. The molecule has 0 fully saturated rings. The van der Waals surface area contributed by atoms with Gasteiger partial charge in [-0.15, -0.1) is 0 Å². The quantitative estimate of drug-likeness (QED) is 0.486. The molecule has 1 heterocycles. The molecule has 0 unspecified atom stereocenters. The van der Waals surface area contributed by atoms with Gasteiger partial charge in [-0.3, -0.25) is 0 Å². The number of carbonyl (C=O) groups is 1. The van der Waals surface area contributed by atoms with Crippen LogP contribution in [0.1, 0.15) is 10.4 Å². The molecule has 0 aliphatic carbocycles. The van der Waals surface area contributed by atoms with Gasteiger partial charge in [0.05, 0.1) is 19.2 Å². The number of esters is 1. The van der Waals surface area contributed by atoms with E-state index in [1.54, 1.807) is 16.9 Å². The van der Waals surface area contributed by atoms with Gasteiger partial charge in [-0.2, -0.15) is 0 Å². The van der Waals surface area contributed by atoms with Gasteiger partial charge in [0.1, 0.15) is 6.20 Å². The number of nitrogens with zero attached hydrogens (tertiary/aromatic N) is 2. The fraction of sp³-hybridized carbons (Fsp3) is 0.375. The van der Waals surface area contributed by atoms with Crippen LogP contribution in [0.5, 0.6) is 0 Å². The van der Waals surface area contributed by atoms with Gasteiger partial charge in [0.15, 0.2) is 12.7 Å². The molecule has 0 aliphatic rings. The van der Waals surface area contributed by atoms with Crippen LogP contribution in [-0.2, 0) is 11.3 Å². The van der Waals surface area contributed by atoms with Crippen molar-refractivity contribution in [3.8, 4) is 0 Å². The van der Waals surface area contributed by atoms with Gasteiger partial charge in [-0.1, -0.05) is 4.68 Å². The van der Waals surface area contributed by atoms with Gasteiger partial charge in [0.2, 0.25) is 0 Å².